The van der Waals surface area contributed by atoms with E-state index in [0.717, 1.165) is 5.56 Å². The van der Waals surface area contributed by atoms with E-state index in [1.165, 1.54) is 0 Å². The van der Waals surface area contributed by atoms with Crippen LogP contribution in [-0.2, 0) is 14.3 Å². The number of hydrogen-bond donors (Lipinski definition) is 0. The van der Waals surface area contributed by atoms with Crippen LogP contribution in [0.1, 0.15) is 26.3 Å². The highest BCUT2D eigenvalue weighted by Gasteiger charge is 2.21. The fourth-order valence-electron chi connectivity index (χ4n) is 1.47. The molecule has 3 nitrogen and oxygen atoms in total. The molecule has 0 amide bonds. The molecule has 0 bridgehead atoms. The van der Waals surface area contributed by atoms with Gasteiger partial charge in [0.15, 0.2) is 5.78 Å². The van der Waals surface area contributed by atoms with Crippen molar-refractivity contribution in [2.24, 2.45) is 5.92 Å². The van der Waals surface area contributed by atoms with Crippen LogP contribution < -0.4 is 0 Å². The molecular weight excluding hydrogens is 228 g/mol. The Morgan fingerprint density at radius 3 is 2.33 bits per heavy atom. The summed E-state index contributed by atoms with van der Waals surface area (Å²) in [5, 5.41) is 0. The largest absolute Gasteiger partial charge is 0.462 e. The predicted molar refractivity (Wildman–Crippen MR) is 70.9 cm³/mol. The fourth-order valence-corrected chi connectivity index (χ4v) is 1.47. The van der Waals surface area contributed by atoms with Gasteiger partial charge < -0.3 is 4.74 Å². The average Bonchev–Trinajstić information content (AvgIpc) is 2.36. The summed E-state index contributed by atoms with van der Waals surface area (Å²) < 4.78 is 4.92. The maximum absolute atomic E-state index is 12.0. The first-order valence-electron chi connectivity index (χ1n) is 6.04. The first kappa shape index (κ1) is 14.2. The fraction of sp³-hybridized carbons (Fsp3) is 0.333. The van der Waals surface area contributed by atoms with E-state index in [2.05, 4.69) is 0 Å². The van der Waals surface area contributed by atoms with E-state index in [-0.39, 0.29) is 23.9 Å². The number of carbonyl (C=O) groups is 2. The van der Waals surface area contributed by atoms with Crippen molar-refractivity contribution in [2.75, 3.05) is 6.61 Å². The Morgan fingerprint density at radius 1 is 1.22 bits per heavy atom. The molecule has 1 aromatic rings. The van der Waals surface area contributed by atoms with E-state index in [1.54, 1.807) is 26.8 Å². The molecule has 1 rings (SSSR count). The topological polar surface area (TPSA) is 43.4 Å². The molecule has 18 heavy (non-hydrogen) atoms. The quantitative estimate of drug-likeness (QED) is 0.347. The first-order chi connectivity index (χ1) is 8.56. The number of hydrogen-bond acceptors (Lipinski definition) is 3. The number of Topliss-reactive ketones (excluding diaryl/α,β-unsaturated/α-hetero) is 1. The van der Waals surface area contributed by atoms with Crippen LogP contribution in [0, 0.1) is 5.92 Å². The predicted octanol–water partition coefficient (Wildman–Crippen LogP) is 2.86. The summed E-state index contributed by atoms with van der Waals surface area (Å²) in [6.45, 7) is 5.51. The molecule has 0 unspecified atom stereocenters. The van der Waals surface area contributed by atoms with Gasteiger partial charge in [-0.25, -0.2) is 4.79 Å². The molecule has 0 aliphatic carbocycles. The summed E-state index contributed by atoms with van der Waals surface area (Å²) in [7, 11) is 0. The number of carbonyl (C=O) groups excluding carboxylic acids is 2. The highest BCUT2D eigenvalue weighted by Crippen LogP contribution is 2.13. The van der Waals surface area contributed by atoms with Crippen LogP contribution in [0.5, 0.6) is 0 Å². The summed E-state index contributed by atoms with van der Waals surface area (Å²) in [6.07, 6.45) is 1.58. The van der Waals surface area contributed by atoms with Gasteiger partial charge in [-0.15, -0.1) is 0 Å². The summed E-state index contributed by atoms with van der Waals surface area (Å²) in [5.41, 5.74) is 0.924. The number of ketones is 1. The summed E-state index contributed by atoms with van der Waals surface area (Å²) in [4.78, 5) is 23.8. The molecule has 0 aromatic heterocycles. The van der Waals surface area contributed by atoms with E-state index in [9.17, 15) is 9.59 Å². The van der Waals surface area contributed by atoms with Crippen molar-refractivity contribution in [3.8, 4) is 0 Å². The molecule has 3 heteroatoms. The zero-order valence-corrected chi connectivity index (χ0v) is 11.0. The van der Waals surface area contributed by atoms with Gasteiger partial charge in [-0.3, -0.25) is 4.79 Å². The Hall–Kier alpha value is -1.90. The van der Waals surface area contributed by atoms with Crippen LogP contribution in [0.4, 0.5) is 0 Å². The van der Waals surface area contributed by atoms with Crippen LogP contribution in [0.25, 0.3) is 6.08 Å². The Morgan fingerprint density at radius 2 is 1.83 bits per heavy atom. The molecule has 0 aliphatic heterocycles. The van der Waals surface area contributed by atoms with Crippen molar-refractivity contribution in [3.05, 3.63) is 41.5 Å². The minimum atomic E-state index is -0.556. The van der Waals surface area contributed by atoms with Crippen molar-refractivity contribution in [1.29, 1.82) is 0 Å². The second-order valence-corrected chi connectivity index (χ2v) is 4.21. The van der Waals surface area contributed by atoms with Gasteiger partial charge >= 0.3 is 5.97 Å². The molecule has 0 saturated heterocycles. The van der Waals surface area contributed by atoms with Gasteiger partial charge in [0.05, 0.1) is 6.61 Å². The minimum absolute atomic E-state index is 0.109. The van der Waals surface area contributed by atoms with Crippen molar-refractivity contribution in [1.82, 2.24) is 0 Å². The van der Waals surface area contributed by atoms with E-state index in [4.69, 9.17) is 4.74 Å². The number of benzene rings is 1. The Balaban J connectivity index is 3.08. The highest BCUT2D eigenvalue weighted by molar-refractivity contribution is 6.21. The lowest BCUT2D eigenvalue weighted by Gasteiger charge is -2.08. The third-order valence-electron chi connectivity index (χ3n) is 2.40. The maximum atomic E-state index is 12.0. The molecule has 0 saturated carbocycles. The van der Waals surface area contributed by atoms with Crippen LogP contribution in [0.3, 0.4) is 0 Å². The molecule has 0 atom stereocenters. The Kier molecular flexibility index (Phi) is 5.31. The van der Waals surface area contributed by atoms with E-state index >= 15 is 0 Å². The zero-order valence-electron chi connectivity index (χ0n) is 11.0. The second-order valence-electron chi connectivity index (χ2n) is 4.21. The Bertz CT molecular complexity index is 444. The van der Waals surface area contributed by atoms with E-state index in [0.29, 0.717) is 0 Å². The summed E-state index contributed by atoms with van der Waals surface area (Å²) in [6, 6.07) is 9.27. The lowest BCUT2D eigenvalue weighted by molar-refractivity contribution is -0.140. The molecule has 0 radical (unpaired) electrons. The molecule has 0 N–H and O–H groups in total. The van der Waals surface area contributed by atoms with Gasteiger partial charge in [0.2, 0.25) is 0 Å². The molecule has 0 fully saturated rings. The first-order valence-corrected chi connectivity index (χ1v) is 6.04. The van der Waals surface area contributed by atoms with Gasteiger partial charge in [0.25, 0.3) is 0 Å². The molecule has 0 spiro atoms. The third kappa shape index (κ3) is 3.84. The van der Waals surface area contributed by atoms with Crippen molar-refractivity contribution in [2.45, 2.75) is 20.8 Å². The van der Waals surface area contributed by atoms with Gasteiger partial charge in [-0.05, 0) is 18.6 Å². The number of esters is 1. The standard InChI is InChI=1S/C15H18O3/c1-4-18-15(17)13(14(16)11(2)3)10-12-8-6-5-7-9-12/h5-11H,4H2,1-3H3/b13-10-. The maximum Gasteiger partial charge on any atom is 0.341 e. The molecular formula is C15H18O3. The van der Waals surface area contributed by atoms with Gasteiger partial charge in [0, 0.05) is 5.92 Å². The monoisotopic (exact) mass is 246 g/mol. The molecule has 0 aliphatic rings. The second kappa shape index (κ2) is 6.74. The molecule has 1 aromatic carbocycles. The van der Waals surface area contributed by atoms with Crippen LogP contribution >= 0.6 is 0 Å². The number of ether oxygens (including phenoxy) is 1. The summed E-state index contributed by atoms with van der Waals surface area (Å²) >= 11 is 0. The van der Waals surface area contributed by atoms with E-state index < -0.39 is 5.97 Å². The Labute approximate surface area is 107 Å². The van der Waals surface area contributed by atoms with Crippen LogP contribution in [0.15, 0.2) is 35.9 Å². The third-order valence-corrected chi connectivity index (χ3v) is 2.40. The lowest BCUT2D eigenvalue weighted by atomic mass is 9.99. The minimum Gasteiger partial charge on any atom is -0.462 e. The average molecular weight is 246 g/mol. The lowest BCUT2D eigenvalue weighted by Crippen LogP contribution is -2.19. The van der Waals surface area contributed by atoms with E-state index in [1.807, 2.05) is 30.3 Å². The zero-order chi connectivity index (χ0) is 13.5. The smallest absolute Gasteiger partial charge is 0.341 e. The molecule has 96 valence electrons. The molecule has 0 heterocycles. The SMILES string of the molecule is CCOC(=O)/C(=C\c1ccccc1)C(=O)C(C)C. The van der Waals surface area contributed by atoms with Crippen molar-refractivity contribution in [3.63, 3.8) is 0 Å². The van der Waals surface area contributed by atoms with Crippen LogP contribution in [-0.4, -0.2) is 18.4 Å². The van der Waals surface area contributed by atoms with Crippen molar-refractivity contribution >= 4 is 17.8 Å². The van der Waals surface area contributed by atoms with Gasteiger partial charge in [0.1, 0.15) is 5.57 Å². The number of rotatable bonds is 5. The van der Waals surface area contributed by atoms with Crippen LogP contribution in [0.2, 0.25) is 0 Å². The normalized spacial score (nSPS) is 11.4. The van der Waals surface area contributed by atoms with Gasteiger partial charge in [-0.1, -0.05) is 44.2 Å². The van der Waals surface area contributed by atoms with Crippen molar-refractivity contribution < 1.29 is 14.3 Å². The summed E-state index contributed by atoms with van der Waals surface area (Å²) in [5.74, 6) is -0.985. The van der Waals surface area contributed by atoms with Gasteiger partial charge in [-0.2, -0.15) is 0 Å². The highest BCUT2D eigenvalue weighted by atomic mass is 16.5.